The smallest absolute Gasteiger partial charge is 0.118 e. The van der Waals surface area contributed by atoms with E-state index >= 15 is 0 Å². The maximum atomic E-state index is 6.04. The minimum absolute atomic E-state index is 0.798. The minimum Gasteiger partial charge on any atom is -0.497 e. The van der Waals surface area contributed by atoms with Crippen molar-refractivity contribution in [3.05, 3.63) is 58.6 Å². The average Bonchev–Trinajstić information content (AvgIpc) is 2.36. The molecule has 0 saturated heterocycles. The zero-order valence-corrected chi connectivity index (χ0v) is 12.0. The summed E-state index contributed by atoms with van der Waals surface area (Å²) in [5, 5.41) is 0.798. The molecule has 0 aliphatic rings. The summed E-state index contributed by atoms with van der Waals surface area (Å²) in [5.74, 6) is 1.83. The van der Waals surface area contributed by atoms with E-state index in [1.54, 1.807) is 18.9 Å². The van der Waals surface area contributed by atoms with Crippen LogP contribution in [0.2, 0.25) is 5.02 Å². The average molecular weight is 279 g/mol. The van der Waals surface area contributed by atoms with Crippen molar-refractivity contribution in [2.75, 3.05) is 7.11 Å². The third-order valence-electron chi connectivity index (χ3n) is 2.58. The summed E-state index contributed by atoms with van der Waals surface area (Å²) in [6, 6.07) is 14.3. The lowest BCUT2D eigenvalue weighted by atomic mass is 10.2. The van der Waals surface area contributed by atoms with E-state index in [1.165, 1.54) is 16.0 Å². The van der Waals surface area contributed by atoms with Crippen molar-refractivity contribution in [2.24, 2.45) is 0 Å². The van der Waals surface area contributed by atoms with Crippen molar-refractivity contribution in [3.8, 4) is 5.75 Å². The number of hydrogen-bond donors (Lipinski definition) is 0. The van der Waals surface area contributed by atoms with Crippen LogP contribution in [0.1, 0.15) is 11.1 Å². The molecule has 0 heterocycles. The summed E-state index contributed by atoms with van der Waals surface area (Å²) < 4.78 is 5.14. The Labute approximate surface area is 117 Å². The van der Waals surface area contributed by atoms with Gasteiger partial charge < -0.3 is 4.74 Å². The van der Waals surface area contributed by atoms with Gasteiger partial charge in [-0.05, 0) is 48.4 Å². The quantitative estimate of drug-likeness (QED) is 0.732. The largest absolute Gasteiger partial charge is 0.497 e. The summed E-state index contributed by atoms with van der Waals surface area (Å²) in [6.45, 7) is 2.06. The molecule has 0 aromatic heterocycles. The first kappa shape index (κ1) is 13.3. The number of halogens is 1. The van der Waals surface area contributed by atoms with Crippen LogP contribution in [-0.4, -0.2) is 7.11 Å². The van der Waals surface area contributed by atoms with Crippen LogP contribution in [0.4, 0.5) is 0 Å². The van der Waals surface area contributed by atoms with Crippen LogP contribution < -0.4 is 4.74 Å². The summed E-state index contributed by atoms with van der Waals surface area (Å²) in [7, 11) is 1.68. The molecule has 0 radical (unpaired) electrons. The Morgan fingerprint density at radius 2 is 1.83 bits per heavy atom. The highest BCUT2D eigenvalue weighted by atomic mass is 35.5. The maximum Gasteiger partial charge on any atom is 0.118 e. The van der Waals surface area contributed by atoms with Gasteiger partial charge in [-0.25, -0.2) is 0 Å². The van der Waals surface area contributed by atoms with Gasteiger partial charge in [0.05, 0.1) is 7.11 Å². The molecule has 0 aliphatic heterocycles. The number of aryl methyl sites for hydroxylation is 1. The lowest BCUT2D eigenvalue weighted by Gasteiger charge is -2.05. The molecular formula is C15H15ClOS. The number of benzene rings is 2. The zero-order valence-electron chi connectivity index (χ0n) is 10.4. The topological polar surface area (TPSA) is 9.23 Å². The van der Waals surface area contributed by atoms with Crippen LogP contribution in [-0.2, 0) is 5.75 Å². The van der Waals surface area contributed by atoms with Gasteiger partial charge in [-0.15, -0.1) is 11.8 Å². The number of methoxy groups -OCH3 is 1. The Balaban J connectivity index is 2.01. The van der Waals surface area contributed by atoms with Gasteiger partial charge >= 0.3 is 0 Å². The molecule has 2 aromatic carbocycles. The van der Waals surface area contributed by atoms with Gasteiger partial charge in [-0.1, -0.05) is 23.7 Å². The first-order valence-corrected chi connectivity index (χ1v) is 7.06. The molecule has 94 valence electrons. The molecule has 0 bridgehead atoms. The van der Waals surface area contributed by atoms with E-state index in [-0.39, 0.29) is 0 Å². The molecule has 2 aromatic rings. The van der Waals surface area contributed by atoms with Crippen LogP contribution in [0.25, 0.3) is 0 Å². The van der Waals surface area contributed by atoms with E-state index < -0.39 is 0 Å². The summed E-state index contributed by atoms with van der Waals surface area (Å²) in [5.41, 5.74) is 2.47. The van der Waals surface area contributed by atoms with Crippen LogP contribution in [0.3, 0.4) is 0 Å². The van der Waals surface area contributed by atoms with Gasteiger partial charge in [0.25, 0.3) is 0 Å². The van der Waals surface area contributed by atoms with Gasteiger partial charge in [-0.2, -0.15) is 0 Å². The Kier molecular flexibility index (Phi) is 4.56. The van der Waals surface area contributed by atoms with E-state index in [0.29, 0.717) is 0 Å². The summed E-state index contributed by atoms with van der Waals surface area (Å²) >= 11 is 7.83. The minimum atomic E-state index is 0.798. The van der Waals surface area contributed by atoms with Crippen LogP contribution >= 0.6 is 23.4 Å². The molecule has 0 atom stereocenters. The lowest BCUT2D eigenvalue weighted by Crippen LogP contribution is -1.84. The van der Waals surface area contributed by atoms with E-state index in [4.69, 9.17) is 16.3 Å². The normalized spacial score (nSPS) is 10.4. The molecule has 0 unspecified atom stereocenters. The highest BCUT2D eigenvalue weighted by molar-refractivity contribution is 7.98. The second kappa shape index (κ2) is 6.17. The van der Waals surface area contributed by atoms with Crippen molar-refractivity contribution >= 4 is 23.4 Å². The van der Waals surface area contributed by atoms with Crippen LogP contribution in [0.15, 0.2) is 47.4 Å². The Morgan fingerprint density at radius 3 is 2.44 bits per heavy atom. The SMILES string of the molecule is COc1ccc(CSc2cc(C)cc(Cl)c2)cc1. The fraction of sp³-hybridized carbons (Fsp3) is 0.200. The molecule has 0 fully saturated rings. The molecule has 0 saturated carbocycles. The van der Waals surface area contributed by atoms with Gasteiger partial charge in [0.1, 0.15) is 5.75 Å². The van der Waals surface area contributed by atoms with Crippen molar-refractivity contribution in [2.45, 2.75) is 17.6 Å². The fourth-order valence-electron chi connectivity index (χ4n) is 1.67. The van der Waals surface area contributed by atoms with E-state index in [9.17, 15) is 0 Å². The van der Waals surface area contributed by atoms with Crippen molar-refractivity contribution in [3.63, 3.8) is 0 Å². The second-order valence-corrected chi connectivity index (χ2v) is 5.59. The number of thioether (sulfide) groups is 1. The first-order chi connectivity index (χ1) is 8.67. The molecule has 18 heavy (non-hydrogen) atoms. The van der Waals surface area contributed by atoms with E-state index in [1.807, 2.05) is 24.3 Å². The van der Waals surface area contributed by atoms with E-state index in [0.717, 1.165) is 16.5 Å². The van der Waals surface area contributed by atoms with E-state index in [2.05, 4.69) is 25.1 Å². The molecular weight excluding hydrogens is 264 g/mol. The molecule has 0 N–H and O–H groups in total. The van der Waals surface area contributed by atoms with Crippen molar-refractivity contribution < 1.29 is 4.74 Å². The lowest BCUT2D eigenvalue weighted by molar-refractivity contribution is 0.414. The monoisotopic (exact) mass is 278 g/mol. The van der Waals surface area contributed by atoms with Gasteiger partial charge in [0, 0.05) is 15.7 Å². The fourth-order valence-corrected chi connectivity index (χ4v) is 3.03. The van der Waals surface area contributed by atoms with Gasteiger partial charge in [-0.3, -0.25) is 0 Å². The zero-order chi connectivity index (χ0) is 13.0. The third-order valence-corrected chi connectivity index (χ3v) is 3.85. The van der Waals surface area contributed by atoms with Gasteiger partial charge in [0.15, 0.2) is 0 Å². The highest BCUT2D eigenvalue weighted by Crippen LogP contribution is 2.27. The Morgan fingerprint density at radius 1 is 1.11 bits per heavy atom. The van der Waals surface area contributed by atoms with Crippen LogP contribution in [0.5, 0.6) is 5.75 Å². The van der Waals surface area contributed by atoms with Crippen molar-refractivity contribution in [1.29, 1.82) is 0 Å². The maximum absolute atomic E-state index is 6.04. The molecule has 0 aliphatic carbocycles. The Bertz CT molecular complexity index is 502. The van der Waals surface area contributed by atoms with Crippen molar-refractivity contribution in [1.82, 2.24) is 0 Å². The number of hydrogen-bond acceptors (Lipinski definition) is 2. The summed E-state index contributed by atoms with van der Waals surface area (Å²) in [4.78, 5) is 1.20. The molecule has 2 rings (SSSR count). The molecule has 3 heteroatoms. The summed E-state index contributed by atoms with van der Waals surface area (Å²) in [6.07, 6.45) is 0. The highest BCUT2D eigenvalue weighted by Gasteiger charge is 2.00. The first-order valence-electron chi connectivity index (χ1n) is 5.70. The molecule has 1 nitrogen and oxygen atoms in total. The second-order valence-electron chi connectivity index (χ2n) is 4.10. The van der Waals surface area contributed by atoms with Crippen LogP contribution in [0, 0.1) is 6.92 Å². The number of ether oxygens (including phenoxy) is 1. The predicted octanol–water partition coefficient (Wildman–Crippen LogP) is 4.95. The Hall–Kier alpha value is -1.12. The third kappa shape index (κ3) is 3.69. The standard InChI is InChI=1S/C15H15ClOS/c1-11-7-13(16)9-15(8-11)18-10-12-3-5-14(17-2)6-4-12/h3-9H,10H2,1-2H3. The van der Waals surface area contributed by atoms with Gasteiger partial charge in [0.2, 0.25) is 0 Å². The molecule has 0 spiro atoms. The number of rotatable bonds is 4. The molecule has 0 amide bonds. The predicted molar refractivity (Wildman–Crippen MR) is 78.7 cm³/mol.